The van der Waals surface area contributed by atoms with E-state index in [0.29, 0.717) is 0 Å². The first-order chi connectivity index (χ1) is 8.90. The maximum Gasteiger partial charge on any atom is 0.387 e. The number of carboxylic acids is 1. The molecule has 4 N–H and O–H groups in total. The Bertz CT molecular complexity index is 468. The monoisotopic (exact) mass is 274 g/mol. The first-order valence-electron chi connectivity index (χ1n) is 5.22. The third-order valence-electron chi connectivity index (χ3n) is 2.09. The Hall–Kier alpha value is -2.22. The van der Waals surface area contributed by atoms with Gasteiger partial charge in [0.05, 0.1) is 18.2 Å². The lowest BCUT2D eigenvalue weighted by molar-refractivity contribution is -0.138. The van der Waals surface area contributed by atoms with Gasteiger partial charge in [0.1, 0.15) is 5.75 Å². The summed E-state index contributed by atoms with van der Waals surface area (Å²) in [4.78, 5) is 21.9. The molecule has 0 bridgehead atoms. The summed E-state index contributed by atoms with van der Waals surface area (Å²) in [7, 11) is 0. The number of hydrogen-bond acceptors (Lipinski definition) is 4. The fraction of sp³-hybridized carbons (Fsp3) is 0.273. The average molecular weight is 274 g/mol. The zero-order chi connectivity index (χ0) is 14.4. The Morgan fingerprint density at radius 3 is 2.58 bits per heavy atom. The maximum absolute atomic E-state index is 12.1. The third kappa shape index (κ3) is 4.88. The number of benzene rings is 1. The van der Waals surface area contributed by atoms with Gasteiger partial charge in [0.25, 0.3) is 0 Å². The Kier molecular flexibility index (Phi) is 5.19. The number of nitrogens with two attached hydrogens (primary N) is 1. The van der Waals surface area contributed by atoms with Gasteiger partial charge < -0.3 is 20.9 Å². The van der Waals surface area contributed by atoms with Crippen LogP contribution in [0, 0.1) is 0 Å². The van der Waals surface area contributed by atoms with E-state index >= 15 is 0 Å². The second-order valence-electron chi connectivity index (χ2n) is 3.57. The van der Waals surface area contributed by atoms with Crippen LogP contribution in [0.1, 0.15) is 6.42 Å². The number of halogens is 2. The van der Waals surface area contributed by atoms with Gasteiger partial charge in [0.2, 0.25) is 5.91 Å². The summed E-state index contributed by atoms with van der Waals surface area (Å²) in [5.41, 5.74) is 5.33. The fourth-order valence-electron chi connectivity index (χ4n) is 1.27. The van der Waals surface area contributed by atoms with Gasteiger partial charge in [0.15, 0.2) is 0 Å². The molecule has 0 saturated carbocycles. The number of hydrogen-bond donors (Lipinski definition) is 3. The molecule has 1 aromatic carbocycles. The SMILES string of the molecule is NC(CC(=O)O)C(=O)Nc1ccccc1OC(F)F. The minimum Gasteiger partial charge on any atom is -0.481 e. The molecule has 0 fully saturated rings. The molecule has 6 nitrogen and oxygen atoms in total. The Morgan fingerprint density at radius 1 is 1.37 bits per heavy atom. The van der Waals surface area contributed by atoms with E-state index in [1.54, 1.807) is 0 Å². The van der Waals surface area contributed by atoms with E-state index in [1.807, 2.05) is 0 Å². The van der Waals surface area contributed by atoms with Gasteiger partial charge in [-0.2, -0.15) is 8.78 Å². The Morgan fingerprint density at radius 2 is 2.00 bits per heavy atom. The molecule has 1 rings (SSSR count). The molecule has 1 aromatic rings. The molecule has 0 aliphatic heterocycles. The average Bonchev–Trinajstić information content (AvgIpc) is 2.30. The highest BCUT2D eigenvalue weighted by Gasteiger charge is 2.19. The minimum atomic E-state index is -3.04. The van der Waals surface area contributed by atoms with Crippen molar-refractivity contribution in [2.45, 2.75) is 19.1 Å². The predicted octanol–water partition coefficient (Wildman–Crippen LogP) is 1.03. The van der Waals surface area contributed by atoms with E-state index in [0.717, 1.165) is 0 Å². The standard InChI is InChI=1S/C11H12F2N2O4/c12-11(13)19-8-4-2-1-3-7(8)15-10(18)6(14)5-9(16)17/h1-4,6,11H,5,14H2,(H,15,18)(H,16,17). The lowest BCUT2D eigenvalue weighted by Crippen LogP contribution is -2.37. The highest BCUT2D eigenvalue weighted by atomic mass is 19.3. The van der Waals surface area contributed by atoms with E-state index in [-0.39, 0.29) is 11.4 Å². The largest absolute Gasteiger partial charge is 0.481 e. The van der Waals surface area contributed by atoms with Crippen LogP contribution in [0.2, 0.25) is 0 Å². The first kappa shape index (κ1) is 14.8. The Labute approximate surface area is 107 Å². The number of nitrogens with one attached hydrogen (secondary N) is 1. The molecule has 1 amide bonds. The smallest absolute Gasteiger partial charge is 0.387 e. The van der Waals surface area contributed by atoms with Crippen molar-refractivity contribution in [3.8, 4) is 5.75 Å². The van der Waals surface area contributed by atoms with Crippen LogP contribution >= 0.6 is 0 Å². The lowest BCUT2D eigenvalue weighted by atomic mass is 10.2. The van der Waals surface area contributed by atoms with Gasteiger partial charge in [-0.25, -0.2) is 0 Å². The summed E-state index contributed by atoms with van der Waals surface area (Å²) in [6.07, 6.45) is -0.566. The molecule has 19 heavy (non-hydrogen) atoms. The van der Waals surface area contributed by atoms with Crippen LogP contribution in [-0.4, -0.2) is 29.6 Å². The minimum absolute atomic E-state index is 0.00589. The summed E-state index contributed by atoms with van der Waals surface area (Å²) in [6, 6.07) is 4.24. The lowest BCUT2D eigenvalue weighted by Gasteiger charge is -2.13. The molecule has 0 saturated heterocycles. The van der Waals surface area contributed by atoms with Gasteiger partial charge in [0, 0.05) is 0 Å². The molecule has 0 spiro atoms. The number of carbonyl (C=O) groups excluding carboxylic acids is 1. The Balaban J connectivity index is 2.76. The number of rotatable bonds is 6. The molecule has 104 valence electrons. The second kappa shape index (κ2) is 6.64. The van der Waals surface area contributed by atoms with Crippen molar-refractivity contribution >= 4 is 17.6 Å². The fourth-order valence-corrected chi connectivity index (χ4v) is 1.27. The van der Waals surface area contributed by atoms with E-state index in [1.165, 1.54) is 24.3 Å². The van der Waals surface area contributed by atoms with Crippen molar-refractivity contribution < 1.29 is 28.2 Å². The van der Waals surface area contributed by atoms with Gasteiger partial charge in [-0.05, 0) is 12.1 Å². The van der Waals surface area contributed by atoms with Crippen molar-refractivity contribution in [1.29, 1.82) is 0 Å². The summed E-state index contributed by atoms with van der Waals surface area (Å²) in [6.45, 7) is -3.04. The number of amides is 1. The highest BCUT2D eigenvalue weighted by Crippen LogP contribution is 2.25. The van der Waals surface area contributed by atoms with Crippen molar-refractivity contribution in [2.75, 3.05) is 5.32 Å². The summed E-state index contributed by atoms with van der Waals surface area (Å²) >= 11 is 0. The van der Waals surface area contributed by atoms with Crippen molar-refractivity contribution in [2.24, 2.45) is 5.73 Å². The van der Waals surface area contributed by atoms with Crippen LogP contribution in [0.5, 0.6) is 5.75 Å². The number of anilines is 1. The van der Waals surface area contributed by atoms with E-state index in [9.17, 15) is 18.4 Å². The van der Waals surface area contributed by atoms with Crippen LogP contribution in [0.3, 0.4) is 0 Å². The number of carboxylic acid groups (broad SMARTS) is 1. The molecule has 0 aromatic heterocycles. The molecule has 0 aliphatic carbocycles. The van der Waals surface area contributed by atoms with Gasteiger partial charge in [-0.1, -0.05) is 12.1 Å². The van der Waals surface area contributed by atoms with Gasteiger partial charge >= 0.3 is 12.6 Å². The molecule has 1 unspecified atom stereocenters. The molecular weight excluding hydrogens is 262 g/mol. The van der Waals surface area contributed by atoms with Crippen molar-refractivity contribution in [3.63, 3.8) is 0 Å². The quantitative estimate of drug-likeness (QED) is 0.719. The molecule has 0 radical (unpaired) electrons. The topological polar surface area (TPSA) is 102 Å². The molecule has 0 heterocycles. The van der Waals surface area contributed by atoms with E-state index in [4.69, 9.17) is 10.8 Å². The number of ether oxygens (including phenoxy) is 1. The van der Waals surface area contributed by atoms with E-state index < -0.39 is 31.0 Å². The number of carbonyl (C=O) groups is 2. The highest BCUT2D eigenvalue weighted by molar-refractivity contribution is 5.97. The number of para-hydroxylation sites is 2. The van der Waals surface area contributed by atoms with Gasteiger partial charge in [-0.3, -0.25) is 9.59 Å². The second-order valence-corrected chi connectivity index (χ2v) is 3.57. The molecule has 8 heteroatoms. The normalized spacial score (nSPS) is 12.0. The van der Waals surface area contributed by atoms with Crippen LogP contribution < -0.4 is 15.8 Å². The summed E-state index contributed by atoms with van der Waals surface area (Å²) in [5, 5.41) is 10.7. The van der Waals surface area contributed by atoms with Crippen LogP contribution in [-0.2, 0) is 9.59 Å². The van der Waals surface area contributed by atoms with Crippen LogP contribution in [0.25, 0.3) is 0 Å². The summed E-state index contributed by atoms with van der Waals surface area (Å²) in [5.74, 6) is -2.26. The van der Waals surface area contributed by atoms with Crippen molar-refractivity contribution in [1.82, 2.24) is 0 Å². The molecule has 0 aliphatic rings. The third-order valence-corrected chi connectivity index (χ3v) is 2.09. The van der Waals surface area contributed by atoms with E-state index in [2.05, 4.69) is 10.1 Å². The van der Waals surface area contributed by atoms with Crippen LogP contribution in [0.4, 0.5) is 14.5 Å². The maximum atomic E-state index is 12.1. The van der Waals surface area contributed by atoms with Crippen LogP contribution in [0.15, 0.2) is 24.3 Å². The predicted molar refractivity (Wildman–Crippen MR) is 61.9 cm³/mol. The molecule has 1 atom stereocenters. The number of alkyl halides is 2. The van der Waals surface area contributed by atoms with Crippen molar-refractivity contribution in [3.05, 3.63) is 24.3 Å². The zero-order valence-corrected chi connectivity index (χ0v) is 9.68. The first-order valence-corrected chi connectivity index (χ1v) is 5.22. The van der Waals surface area contributed by atoms with Gasteiger partial charge in [-0.15, -0.1) is 0 Å². The summed E-state index contributed by atoms with van der Waals surface area (Å²) < 4.78 is 28.5. The number of aliphatic carboxylic acids is 1. The molecular formula is C11H12F2N2O4. The zero-order valence-electron chi connectivity index (χ0n) is 9.68.